The Morgan fingerprint density at radius 3 is 2.56 bits per heavy atom. The highest BCUT2D eigenvalue weighted by Gasteiger charge is 2.38. The van der Waals surface area contributed by atoms with Gasteiger partial charge in [0.05, 0.1) is 11.2 Å². The van der Waals surface area contributed by atoms with E-state index in [-0.39, 0.29) is 11.7 Å². The molecule has 1 saturated heterocycles. The molecule has 6 nitrogen and oxygen atoms in total. The number of terminal acetylenes is 1. The molecule has 3 aliphatic rings. The summed E-state index contributed by atoms with van der Waals surface area (Å²) in [6, 6.07) is 16.4. The molecule has 5 rings (SSSR count). The van der Waals surface area contributed by atoms with Crippen molar-refractivity contribution in [2.24, 2.45) is 16.5 Å². The summed E-state index contributed by atoms with van der Waals surface area (Å²) < 4.78 is 0. The number of likely N-dealkylation sites (tertiary alicyclic amines) is 1. The first-order valence-corrected chi connectivity index (χ1v) is 11.9. The zero-order valence-corrected chi connectivity index (χ0v) is 18.8. The summed E-state index contributed by atoms with van der Waals surface area (Å²) in [5.41, 5.74) is 17.0. The Kier molecular flexibility index (Phi) is 5.94. The molecule has 0 amide bonds. The molecule has 164 valence electrons. The fraction of sp³-hybridized carbons (Fsp3) is 0.320. The first-order chi connectivity index (χ1) is 15.6. The molecule has 0 saturated carbocycles. The molecular formula is C25H28N6S. The molecule has 0 aliphatic carbocycles. The minimum atomic E-state index is -0.366. The quantitative estimate of drug-likeness (QED) is 0.704. The number of nitrogens with two attached hydrogens (primary N) is 2. The van der Waals surface area contributed by atoms with Crippen LogP contribution in [0.1, 0.15) is 30.4 Å². The maximum atomic E-state index is 6.64. The van der Waals surface area contributed by atoms with Crippen LogP contribution in [0.5, 0.6) is 0 Å². The number of anilines is 2. The van der Waals surface area contributed by atoms with Gasteiger partial charge in [-0.15, -0.1) is 6.42 Å². The van der Waals surface area contributed by atoms with Gasteiger partial charge in [-0.1, -0.05) is 42.3 Å². The second-order valence-electron chi connectivity index (χ2n) is 8.36. The molecule has 1 fully saturated rings. The molecular weight excluding hydrogens is 416 g/mol. The number of nitrogens with zero attached hydrogens (tertiary/aromatic N) is 4. The molecule has 0 aromatic heterocycles. The molecule has 2 aromatic carbocycles. The lowest BCUT2D eigenvalue weighted by atomic mass is 10.1. The van der Waals surface area contributed by atoms with Crippen molar-refractivity contribution < 1.29 is 0 Å². The molecule has 0 bridgehead atoms. The van der Waals surface area contributed by atoms with Gasteiger partial charge in [-0.2, -0.15) is 0 Å². The SMILES string of the molecule is C#Cc1cccc(N2C=NC3=C(SC(N)N3c3ccc(CN4CCCCC4)cc3)C2N)c1. The van der Waals surface area contributed by atoms with Gasteiger partial charge in [0.25, 0.3) is 0 Å². The van der Waals surface area contributed by atoms with Crippen molar-refractivity contribution >= 4 is 29.5 Å². The third-order valence-electron chi connectivity index (χ3n) is 6.20. The lowest BCUT2D eigenvalue weighted by Gasteiger charge is -2.31. The van der Waals surface area contributed by atoms with Crippen LogP contribution in [-0.2, 0) is 6.54 Å². The van der Waals surface area contributed by atoms with Crippen LogP contribution < -0.4 is 21.3 Å². The van der Waals surface area contributed by atoms with Crippen LogP contribution in [0.25, 0.3) is 0 Å². The van der Waals surface area contributed by atoms with E-state index in [0.29, 0.717) is 0 Å². The second-order valence-corrected chi connectivity index (χ2v) is 9.52. The van der Waals surface area contributed by atoms with Gasteiger partial charge in [-0.25, -0.2) is 4.99 Å². The molecule has 0 spiro atoms. The van der Waals surface area contributed by atoms with Gasteiger partial charge >= 0.3 is 0 Å². The minimum absolute atomic E-state index is 0.270. The van der Waals surface area contributed by atoms with E-state index in [4.69, 9.17) is 22.9 Å². The number of benzene rings is 2. The van der Waals surface area contributed by atoms with Crippen molar-refractivity contribution in [3.8, 4) is 12.3 Å². The standard InChI is InChI=1S/C25H28N6S/c1-2-18-7-6-8-21(15-18)30-17-28-24-22(23(30)26)32-25(27)31(24)20-11-9-19(10-12-20)16-29-13-4-3-5-14-29/h1,6-12,15,17,23,25H,3-5,13-14,16,26-27H2. The largest absolute Gasteiger partial charge is 0.312 e. The summed E-state index contributed by atoms with van der Waals surface area (Å²) in [7, 11) is 0. The van der Waals surface area contributed by atoms with Crippen LogP contribution in [0.3, 0.4) is 0 Å². The molecule has 7 heteroatoms. The average molecular weight is 445 g/mol. The fourth-order valence-corrected chi connectivity index (χ4v) is 5.60. The van der Waals surface area contributed by atoms with Gasteiger partial charge in [0.15, 0.2) is 0 Å². The first-order valence-electron chi connectivity index (χ1n) is 11.1. The topological polar surface area (TPSA) is 74.1 Å². The van der Waals surface area contributed by atoms with Crippen molar-refractivity contribution in [3.63, 3.8) is 0 Å². The van der Waals surface area contributed by atoms with Crippen molar-refractivity contribution in [3.05, 3.63) is 70.4 Å². The lowest BCUT2D eigenvalue weighted by Crippen LogP contribution is -2.44. The van der Waals surface area contributed by atoms with Crippen LogP contribution in [-0.4, -0.2) is 36.0 Å². The lowest BCUT2D eigenvalue weighted by molar-refractivity contribution is 0.221. The summed E-state index contributed by atoms with van der Waals surface area (Å²) in [5, 5.41) is 0. The number of aliphatic imine (C=N–C) groups is 1. The fourth-order valence-electron chi connectivity index (χ4n) is 4.51. The number of rotatable bonds is 4. The van der Waals surface area contributed by atoms with E-state index in [1.165, 1.54) is 37.9 Å². The van der Waals surface area contributed by atoms with E-state index in [1.54, 1.807) is 18.1 Å². The molecule has 2 unspecified atom stereocenters. The van der Waals surface area contributed by atoms with E-state index in [0.717, 1.165) is 34.2 Å². The van der Waals surface area contributed by atoms with Gasteiger partial charge in [0.1, 0.15) is 17.5 Å². The molecule has 3 aliphatic heterocycles. The van der Waals surface area contributed by atoms with Gasteiger partial charge in [0, 0.05) is 23.5 Å². The van der Waals surface area contributed by atoms with Crippen LogP contribution in [0.4, 0.5) is 11.4 Å². The maximum Gasteiger partial charge on any atom is 0.150 e. The monoisotopic (exact) mass is 444 g/mol. The van der Waals surface area contributed by atoms with Crippen molar-refractivity contribution in [2.75, 3.05) is 22.9 Å². The summed E-state index contributed by atoms with van der Waals surface area (Å²) in [4.78, 5) is 12.2. The van der Waals surface area contributed by atoms with E-state index >= 15 is 0 Å². The highest BCUT2D eigenvalue weighted by Crippen LogP contribution is 2.43. The Morgan fingerprint density at radius 2 is 1.81 bits per heavy atom. The highest BCUT2D eigenvalue weighted by molar-refractivity contribution is 8.04. The third-order valence-corrected chi connectivity index (χ3v) is 7.33. The van der Waals surface area contributed by atoms with Crippen LogP contribution in [0.2, 0.25) is 0 Å². The highest BCUT2D eigenvalue weighted by atomic mass is 32.2. The van der Waals surface area contributed by atoms with E-state index in [9.17, 15) is 0 Å². The number of hydrogen-bond donors (Lipinski definition) is 2. The Balaban J connectivity index is 1.35. The molecule has 3 heterocycles. The van der Waals surface area contributed by atoms with Crippen LogP contribution in [0.15, 0.2) is 64.2 Å². The molecule has 0 radical (unpaired) electrons. The van der Waals surface area contributed by atoms with E-state index in [2.05, 4.69) is 40.0 Å². The Bertz CT molecular complexity index is 1080. The van der Waals surface area contributed by atoms with Gasteiger partial charge in [-0.3, -0.25) is 9.80 Å². The normalized spacial score (nSPS) is 23.4. The Hall–Kier alpha value is -2.76. The third kappa shape index (κ3) is 4.03. The van der Waals surface area contributed by atoms with Crippen LogP contribution >= 0.6 is 11.8 Å². The van der Waals surface area contributed by atoms with E-state index < -0.39 is 0 Å². The predicted octanol–water partition coefficient (Wildman–Crippen LogP) is 3.45. The van der Waals surface area contributed by atoms with Crippen molar-refractivity contribution in [1.29, 1.82) is 0 Å². The van der Waals surface area contributed by atoms with Crippen molar-refractivity contribution in [1.82, 2.24) is 4.90 Å². The number of hydrogen-bond acceptors (Lipinski definition) is 7. The molecule has 4 N–H and O–H groups in total. The smallest absolute Gasteiger partial charge is 0.150 e. The number of piperidine rings is 1. The summed E-state index contributed by atoms with van der Waals surface area (Å²) >= 11 is 1.56. The summed E-state index contributed by atoms with van der Waals surface area (Å²) in [6.07, 6.45) is 10.9. The summed E-state index contributed by atoms with van der Waals surface area (Å²) in [5.74, 6) is 3.50. The molecule has 2 aromatic rings. The zero-order chi connectivity index (χ0) is 22.1. The second kappa shape index (κ2) is 9.00. The summed E-state index contributed by atoms with van der Waals surface area (Å²) in [6.45, 7) is 3.39. The van der Waals surface area contributed by atoms with Gasteiger partial charge < -0.3 is 16.4 Å². The van der Waals surface area contributed by atoms with Crippen molar-refractivity contribution in [2.45, 2.75) is 37.5 Å². The molecule has 2 atom stereocenters. The van der Waals surface area contributed by atoms with Gasteiger partial charge in [-0.05, 0) is 61.8 Å². The minimum Gasteiger partial charge on any atom is -0.312 e. The predicted molar refractivity (Wildman–Crippen MR) is 134 cm³/mol. The van der Waals surface area contributed by atoms with Gasteiger partial charge in [0.2, 0.25) is 0 Å². The van der Waals surface area contributed by atoms with Crippen LogP contribution in [0, 0.1) is 12.3 Å². The maximum absolute atomic E-state index is 6.64. The number of thioether (sulfide) groups is 1. The Morgan fingerprint density at radius 1 is 1.03 bits per heavy atom. The average Bonchev–Trinajstić information content (AvgIpc) is 3.17. The molecule has 32 heavy (non-hydrogen) atoms. The Labute approximate surface area is 194 Å². The first kappa shape index (κ1) is 21.1. The van der Waals surface area contributed by atoms with E-state index in [1.807, 2.05) is 29.2 Å². The zero-order valence-electron chi connectivity index (χ0n) is 18.0.